The van der Waals surface area contributed by atoms with Crippen molar-refractivity contribution in [3.05, 3.63) is 63.8 Å². The van der Waals surface area contributed by atoms with Gasteiger partial charge in [0.15, 0.2) is 18.2 Å². The van der Waals surface area contributed by atoms with Crippen LogP contribution in [0.25, 0.3) is 21.9 Å². The molecule has 0 aliphatic carbocycles. The molecule has 63 heavy (non-hydrogen) atoms. The maximum Gasteiger partial charge on any atom is 0.405 e. The molecule has 3 saturated heterocycles. The SMILES string of the molecule is CNC(=O)COc1cc2cc(Nc3nc(N4CCN(CC5CCN(c6cccc7c(C8CCC(=O)NC8=O)nn(C)c67)CC5)[C@@H](C(F)(F)F)C4)ncc3Cl)cnc2n(C(C)C)c1=O. The number of fused-ring (bicyclic) bond motifs is 2. The number of aryl methyl sites for hydroxylation is 1. The molecule has 2 atom stereocenters. The van der Waals surface area contributed by atoms with Crippen molar-refractivity contribution in [2.75, 3.05) is 68.0 Å². The first-order chi connectivity index (χ1) is 30.1. The van der Waals surface area contributed by atoms with Gasteiger partial charge in [0, 0.05) is 76.6 Å². The number of pyridine rings is 2. The molecule has 3 fully saturated rings. The zero-order valence-electron chi connectivity index (χ0n) is 35.2. The molecule has 17 nitrogen and oxygen atoms in total. The molecule has 8 rings (SSSR count). The molecule has 3 aliphatic rings. The third kappa shape index (κ3) is 8.95. The average molecular weight is 893 g/mol. The van der Waals surface area contributed by atoms with Crippen molar-refractivity contribution in [3.8, 4) is 5.75 Å². The number of anilines is 4. The van der Waals surface area contributed by atoms with Crippen LogP contribution in [0.1, 0.15) is 57.2 Å². The maximum atomic E-state index is 14.8. The highest BCUT2D eigenvalue weighted by Gasteiger charge is 2.47. The number of ether oxygens (including phenoxy) is 1. The van der Waals surface area contributed by atoms with Gasteiger partial charge in [0.2, 0.25) is 17.8 Å². The minimum atomic E-state index is -4.52. The van der Waals surface area contributed by atoms with Gasteiger partial charge in [-0.2, -0.15) is 23.3 Å². The Morgan fingerprint density at radius 1 is 1.03 bits per heavy atom. The number of imide groups is 1. The molecule has 1 unspecified atom stereocenters. The summed E-state index contributed by atoms with van der Waals surface area (Å²) in [5.74, 6) is -1.33. The predicted octanol–water partition coefficient (Wildman–Crippen LogP) is 4.67. The highest BCUT2D eigenvalue weighted by atomic mass is 35.5. The number of likely N-dealkylation sites (N-methyl/N-ethyl adjacent to an activating group) is 1. The van der Waals surface area contributed by atoms with Crippen LogP contribution in [-0.4, -0.2) is 117 Å². The monoisotopic (exact) mass is 892 g/mol. The number of alkyl halides is 3. The van der Waals surface area contributed by atoms with Gasteiger partial charge in [-0.25, -0.2) is 9.97 Å². The van der Waals surface area contributed by atoms with E-state index >= 15 is 0 Å². The molecule has 0 bridgehead atoms. The van der Waals surface area contributed by atoms with Gasteiger partial charge in [0.05, 0.1) is 40.9 Å². The number of carbonyl (C=O) groups excluding carboxylic acids is 3. The van der Waals surface area contributed by atoms with Crippen molar-refractivity contribution in [1.29, 1.82) is 0 Å². The lowest BCUT2D eigenvalue weighted by Crippen LogP contribution is -2.60. The number of aromatic nitrogens is 6. The fraction of sp³-hybridized carbons (Fsp3) is 0.476. The molecule has 3 N–H and O–H groups in total. The van der Waals surface area contributed by atoms with Gasteiger partial charge >= 0.3 is 6.18 Å². The van der Waals surface area contributed by atoms with Crippen molar-refractivity contribution >= 4 is 74.4 Å². The fourth-order valence-corrected chi connectivity index (χ4v) is 8.97. The molecular weight excluding hydrogens is 845 g/mol. The number of nitrogens with one attached hydrogen (secondary N) is 3. The molecular formula is C42H48ClF3N12O5. The van der Waals surface area contributed by atoms with Crippen LogP contribution in [0.4, 0.5) is 36.3 Å². The fourth-order valence-electron chi connectivity index (χ4n) is 8.83. The largest absolute Gasteiger partial charge is 0.478 e. The van der Waals surface area contributed by atoms with Crippen molar-refractivity contribution in [2.24, 2.45) is 13.0 Å². The predicted molar refractivity (Wildman–Crippen MR) is 231 cm³/mol. The average Bonchev–Trinajstić information content (AvgIpc) is 3.59. The maximum absolute atomic E-state index is 14.8. The van der Waals surface area contributed by atoms with E-state index in [2.05, 4.69) is 35.8 Å². The summed E-state index contributed by atoms with van der Waals surface area (Å²) in [4.78, 5) is 68.2. The number of rotatable bonds is 11. The quantitative estimate of drug-likeness (QED) is 0.156. The first-order valence-electron chi connectivity index (χ1n) is 20.9. The van der Waals surface area contributed by atoms with Crippen LogP contribution in [0.2, 0.25) is 5.02 Å². The van der Waals surface area contributed by atoms with Gasteiger partial charge in [-0.05, 0) is 57.2 Å². The van der Waals surface area contributed by atoms with Crippen molar-refractivity contribution in [2.45, 2.75) is 63.7 Å². The summed E-state index contributed by atoms with van der Waals surface area (Å²) in [5, 5.41) is 14.2. The Labute approximate surface area is 364 Å². The number of nitrogens with zero attached hydrogens (tertiary/aromatic N) is 9. The van der Waals surface area contributed by atoms with Gasteiger partial charge in [0.1, 0.15) is 16.7 Å². The van der Waals surface area contributed by atoms with Crippen LogP contribution in [0.3, 0.4) is 0 Å². The first-order valence-corrected chi connectivity index (χ1v) is 21.3. The number of hydrogen-bond donors (Lipinski definition) is 3. The Hall–Kier alpha value is -6.02. The minimum absolute atomic E-state index is 0.0352. The number of carbonyl (C=O) groups is 3. The zero-order chi connectivity index (χ0) is 44.7. The van der Waals surface area contributed by atoms with E-state index in [4.69, 9.17) is 21.4 Å². The van der Waals surface area contributed by atoms with E-state index in [0.717, 1.165) is 16.6 Å². The molecule has 0 saturated carbocycles. The summed E-state index contributed by atoms with van der Waals surface area (Å²) in [6.45, 7) is 4.89. The summed E-state index contributed by atoms with van der Waals surface area (Å²) in [6, 6.07) is 7.02. The smallest absolute Gasteiger partial charge is 0.405 e. The summed E-state index contributed by atoms with van der Waals surface area (Å²) >= 11 is 6.51. The van der Waals surface area contributed by atoms with Crippen LogP contribution in [-0.2, 0) is 21.4 Å². The van der Waals surface area contributed by atoms with Crippen molar-refractivity contribution < 1.29 is 32.3 Å². The Bertz CT molecular complexity index is 2630. The second kappa shape index (κ2) is 17.6. The van der Waals surface area contributed by atoms with E-state index < -0.39 is 29.6 Å². The van der Waals surface area contributed by atoms with Gasteiger partial charge in [-0.15, -0.1) is 0 Å². The lowest BCUT2D eigenvalue weighted by Gasteiger charge is -2.44. The summed E-state index contributed by atoms with van der Waals surface area (Å²) in [7, 11) is 3.29. The zero-order valence-corrected chi connectivity index (χ0v) is 36.0. The van der Waals surface area contributed by atoms with E-state index in [1.54, 1.807) is 10.7 Å². The summed E-state index contributed by atoms with van der Waals surface area (Å²) in [6.07, 6.45) is 0.341. The molecule has 1 aromatic carbocycles. The van der Waals surface area contributed by atoms with Crippen LogP contribution in [0.15, 0.2) is 47.5 Å². The van der Waals surface area contributed by atoms with Gasteiger partial charge in [0.25, 0.3) is 11.5 Å². The Kier molecular flexibility index (Phi) is 12.2. The Morgan fingerprint density at radius 3 is 2.52 bits per heavy atom. The summed E-state index contributed by atoms with van der Waals surface area (Å²) in [5.41, 5.74) is 2.82. The minimum Gasteiger partial charge on any atom is -0.478 e. The molecule has 4 aromatic heterocycles. The van der Waals surface area contributed by atoms with Crippen molar-refractivity contribution in [3.63, 3.8) is 0 Å². The van der Waals surface area contributed by atoms with Gasteiger partial charge < -0.3 is 25.2 Å². The van der Waals surface area contributed by atoms with Crippen LogP contribution in [0, 0.1) is 5.92 Å². The molecule has 3 amide bonds. The molecule has 0 spiro atoms. The molecule has 0 radical (unpaired) electrons. The lowest BCUT2D eigenvalue weighted by molar-refractivity contribution is -0.186. The summed E-state index contributed by atoms with van der Waals surface area (Å²) < 4.78 is 53.2. The molecule has 21 heteroatoms. The lowest BCUT2D eigenvalue weighted by atomic mass is 9.92. The highest BCUT2D eigenvalue weighted by molar-refractivity contribution is 6.33. The first kappa shape index (κ1) is 43.6. The molecule has 7 heterocycles. The van der Waals surface area contributed by atoms with Crippen LogP contribution in [0.5, 0.6) is 5.75 Å². The van der Waals surface area contributed by atoms with E-state index in [0.29, 0.717) is 54.8 Å². The Morgan fingerprint density at radius 2 is 1.81 bits per heavy atom. The van der Waals surface area contributed by atoms with Crippen LogP contribution >= 0.6 is 11.6 Å². The van der Waals surface area contributed by atoms with E-state index in [1.165, 1.54) is 39.9 Å². The number of piperidine rings is 2. The van der Waals surface area contributed by atoms with Gasteiger partial charge in [-0.1, -0.05) is 23.7 Å². The third-order valence-corrected chi connectivity index (χ3v) is 12.3. The Balaban J connectivity index is 0.939. The van der Waals surface area contributed by atoms with Crippen LogP contribution < -0.4 is 36.0 Å². The van der Waals surface area contributed by atoms with Gasteiger partial charge in [-0.3, -0.25) is 38.6 Å². The molecule has 5 aromatic rings. The second-order valence-corrected chi connectivity index (χ2v) is 16.9. The normalized spacial score (nSPS) is 19.3. The van der Waals surface area contributed by atoms with E-state index in [1.807, 2.05) is 39.1 Å². The standard InChI is InChI=1S/C42H48ClF3N12O5/c1-23(2)58-38-25(17-31(40(58)62)63-22-34(60)47-3)16-26(18-48-38)50-37-29(43)19-49-41(52-37)57-15-14-56(32(21-57)42(44,45)46)20-24-10-12-55(13-11-24)30-7-5-6-27-35(53-54(4)36(27)30)28-8-9-33(59)51-39(28)61/h5-7,16-19,23-24,28,32H,8-15,20-22H2,1-4H3,(H,47,60)(H,49,50,52)(H,51,59,61)/t28?,32-/m1/s1. The number of halogens is 4. The van der Waals surface area contributed by atoms with E-state index in [-0.39, 0.29) is 85.5 Å². The third-order valence-electron chi connectivity index (χ3n) is 12.0. The number of hydrogen-bond acceptors (Lipinski definition) is 13. The number of amides is 3. The van der Waals surface area contributed by atoms with E-state index in [9.17, 15) is 32.3 Å². The molecule has 334 valence electrons. The molecule has 3 aliphatic heterocycles. The number of para-hydroxylation sites is 1. The topological polar surface area (TPSA) is 185 Å². The highest BCUT2D eigenvalue weighted by Crippen LogP contribution is 2.37. The number of piperazine rings is 1. The van der Waals surface area contributed by atoms with Crippen molar-refractivity contribution in [1.82, 2.24) is 44.8 Å². The number of benzene rings is 1. The second-order valence-electron chi connectivity index (χ2n) is 16.5.